The van der Waals surface area contributed by atoms with Crippen molar-refractivity contribution in [2.75, 3.05) is 0 Å². The Balaban J connectivity index is 1.98. The van der Waals surface area contributed by atoms with Crippen LogP contribution in [-0.4, -0.2) is 30.5 Å². The molecule has 7 heteroatoms. The standard InChI is InChI=1S/C13H20N6O/c1-9(2)19-8-14-16-13(19)11(4)15-12(20)7-18-6-5-10(3)17-18/h5-6,8-9,11H,7H2,1-4H3,(H,15,20)/t11-/m0/s1. The van der Waals surface area contributed by atoms with Crippen molar-refractivity contribution in [2.45, 2.75) is 46.3 Å². The van der Waals surface area contributed by atoms with Gasteiger partial charge in [0.25, 0.3) is 0 Å². The number of rotatable bonds is 5. The van der Waals surface area contributed by atoms with Crippen LogP contribution in [0.3, 0.4) is 0 Å². The molecule has 0 aromatic carbocycles. The number of nitrogens with one attached hydrogen (secondary N) is 1. The molecule has 0 saturated carbocycles. The molecule has 1 atom stereocenters. The second kappa shape index (κ2) is 5.85. The van der Waals surface area contributed by atoms with Gasteiger partial charge in [-0.25, -0.2) is 0 Å². The summed E-state index contributed by atoms with van der Waals surface area (Å²) in [6.07, 6.45) is 3.47. The molecule has 0 saturated heterocycles. The molecule has 0 radical (unpaired) electrons. The molecule has 1 N–H and O–H groups in total. The average molecular weight is 276 g/mol. The van der Waals surface area contributed by atoms with E-state index in [1.54, 1.807) is 17.2 Å². The van der Waals surface area contributed by atoms with Crippen molar-refractivity contribution in [3.8, 4) is 0 Å². The molecule has 0 bridgehead atoms. The fraction of sp³-hybridized carbons (Fsp3) is 0.538. The first kappa shape index (κ1) is 14.2. The minimum Gasteiger partial charge on any atom is -0.345 e. The highest BCUT2D eigenvalue weighted by atomic mass is 16.2. The summed E-state index contributed by atoms with van der Waals surface area (Å²) in [6.45, 7) is 8.09. The number of carbonyl (C=O) groups is 1. The number of nitrogens with zero attached hydrogens (tertiary/aromatic N) is 5. The Morgan fingerprint density at radius 3 is 2.75 bits per heavy atom. The molecule has 0 unspecified atom stereocenters. The number of aromatic nitrogens is 5. The van der Waals surface area contributed by atoms with Gasteiger partial charge in [-0.15, -0.1) is 10.2 Å². The molecule has 7 nitrogen and oxygen atoms in total. The maximum Gasteiger partial charge on any atom is 0.242 e. The summed E-state index contributed by atoms with van der Waals surface area (Å²) in [5.74, 6) is 0.656. The van der Waals surface area contributed by atoms with Gasteiger partial charge in [0.05, 0.1) is 11.7 Å². The lowest BCUT2D eigenvalue weighted by molar-refractivity contribution is -0.122. The highest BCUT2D eigenvalue weighted by Crippen LogP contribution is 2.13. The molecule has 0 aliphatic rings. The van der Waals surface area contributed by atoms with E-state index >= 15 is 0 Å². The summed E-state index contributed by atoms with van der Waals surface area (Å²) in [7, 11) is 0. The number of aryl methyl sites for hydroxylation is 1. The fourth-order valence-corrected chi connectivity index (χ4v) is 2.01. The molecule has 2 heterocycles. The Kier molecular flexibility index (Phi) is 4.16. The molecule has 2 rings (SSSR count). The van der Waals surface area contributed by atoms with Crippen LogP contribution in [0.25, 0.3) is 0 Å². The summed E-state index contributed by atoms with van der Waals surface area (Å²) in [5, 5.41) is 15.1. The highest BCUT2D eigenvalue weighted by molar-refractivity contribution is 5.75. The zero-order valence-electron chi connectivity index (χ0n) is 12.2. The lowest BCUT2D eigenvalue weighted by Gasteiger charge is -2.16. The molecule has 0 aliphatic heterocycles. The zero-order chi connectivity index (χ0) is 14.7. The first-order valence-corrected chi connectivity index (χ1v) is 6.66. The molecule has 20 heavy (non-hydrogen) atoms. The van der Waals surface area contributed by atoms with E-state index < -0.39 is 0 Å². The summed E-state index contributed by atoms with van der Waals surface area (Å²) in [6, 6.07) is 1.93. The van der Waals surface area contributed by atoms with E-state index in [0.29, 0.717) is 0 Å². The fourth-order valence-electron chi connectivity index (χ4n) is 2.01. The van der Waals surface area contributed by atoms with Gasteiger partial charge in [-0.3, -0.25) is 9.48 Å². The van der Waals surface area contributed by atoms with E-state index in [-0.39, 0.29) is 24.5 Å². The van der Waals surface area contributed by atoms with E-state index in [1.165, 1.54) is 0 Å². The Morgan fingerprint density at radius 2 is 2.15 bits per heavy atom. The van der Waals surface area contributed by atoms with Gasteiger partial charge in [-0.05, 0) is 33.8 Å². The van der Waals surface area contributed by atoms with Crippen LogP contribution in [0.4, 0.5) is 0 Å². The summed E-state index contributed by atoms with van der Waals surface area (Å²) >= 11 is 0. The van der Waals surface area contributed by atoms with Crippen molar-refractivity contribution in [3.63, 3.8) is 0 Å². The maximum atomic E-state index is 12.0. The molecule has 2 aromatic rings. The van der Waals surface area contributed by atoms with Gasteiger partial charge >= 0.3 is 0 Å². The van der Waals surface area contributed by atoms with E-state index in [4.69, 9.17) is 0 Å². The van der Waals surface area contributed by atoms with E-state index in [0.717, 1.165) is 11.5 Å². The van der Waals surface area contributed by atoms with Gasteiger partial charge in [0, 0.05) is 12.2 Å². The molecule has 2 aromatic heterocycles. The number of hydrogen-bond donors (Lipinski definition) is 1. The SMILES string of the molecule is Cc1ccn(CC(=O)N[C@@H](C)c2nncn2C(C)C)n1. The van der Waals surface area contributed by atoms with Gasteiger partial charge in [0.15, 0.2) is 5.82 Å². The third-order valence-corrected chi connectivity index (χ3v) is 3.00. The van der Waals surface area contributed by atoms with E-state index in [9.17, 15) is 4.79 Å². The third-order valence-electron chi connectivity index (χ3n) is 3.00. The summed E-state index contributed by atoms with van der Waals surface area (Å²) in [4.78, 5) is 12.0. The molecule has 0 fully saturated rings. The maximum absolute atomic E-state index is 12.0. The zero-order valence-corrected chi connectivity index (χ0v) is 12.2. The molecular formula is C13H20N6O. The predicted molar refractivity (Wildman–Crippen MR) is 73.9 cm³/mol. The topological polar surface area (TPSA) is 77.6 Å². The number of amides is 1. The lowest BCUT2D eigenvalue weighted by atomic mass is 10.3. The Morgan fingerprint density at radius 1 is 1.40 bits per heavy atom. The first-order chi connectivity index (χ1) is 9.47. The van der Waals surface area contributed by atoms with Crippen LogP contribution in [-0.2, 0) is 11.3 Å². The quantitative estimate of drug-likeness (QED) is 0.891. The lowest BCUT2D eigenvalue weighted by Crippen LogP contribution is -2.32. The first-order valence-electron chi connectivity index (χ1n) is 6.66. The van der Waals surface area contributed by atoms with E-state index in [2.05, 4.69) is 20.6 Å². The largest absolute Gasteiger partial charge is 0.345 e. The molecule has 1 amide bonds. The van der Waals surface area contributed by atoms with Crippen LogP contribution in [0.15, 0.2) is 18.6 Å². The number of hydrogen-bond acceptors (Lipinski definition) is 4. The van der Waals surface area contributed by atoms with Crippen LogP contribution in [0.5, 0.6) is 0 Å². The van der Waals surface area contributed by atoms with Gasteiger partial charge in [0.1, 0.15) is 12.9 Å². The van der Waals surface area contributed by atoms with Gasteiger partial charge in [-0.1, -0.05) is 0 Å². The van der Waals surface area contributed by atoms with Crippen LogP contribution >= 0.6 is 0 Å². The second-order valence-electron chi connectivity index (χ2n) is 5.13. The molecule has 0 aliphatic carbocycles. The molecule has 108 valence electrons. The minimum atomic E-state index is -0.191. The third kappa shape index (κ3) is 3.23. The van der Waals surface area contributed by atoms with Crippen molar-refractivity contribution >= 4 is 5.91 Å². The van der Waals surface area contributed by atoms with Gasteiger partial charge in [0.2, 0.25) is 5.91 Å². The number of carbonyl (C=O) groups excluding carboxylic acids is 1. The van der Waals surface area contributed by atoms with Crippen molar-refractivity contribution in [2.24, 2.45) is 0 Å². The highest BCUT2D eigenvalue weighted by Gasteiger charge is 2.17. The summed E-state index contributed by atoms with van der Waals surface area (Å²) in [5.41, 5.74) is 0.894. The van der Waals surface area contributed by atoms with Crippen LogP contribution in [0.1, 0.15) is 44.4 Å². The minimum absolute atomic E-state index is 0.0982. The monoisotopic (exact) mass is 276 g/mol. The average Bonchev–Trinajstić information content (AvgIpc) is 2.97. The van der Waals surface area contributed by atoms with Crippen LogP contribution < -0.4 is 5.32 Å². The molecular weight excluding hydrogens is 256 g/mol. The van der Waals surface area contributed by atoms with Gasteiger partial charge in [-0.2, -0.15) is 5.10 Å². The Hall–Kier alpha value is -2.18. The van der Waals surface area contributed by atoms with Crippen molar-refractivity contribution < 1.29 is 4.79 Å². The van der Waals surface area contributed by atoms with Crippen molar-refractivity contribution in [1.82, 2.24) is 29.9 Å². The van der Waals surface area contributed by atoms with E-state index in [1.807, 2.05) is 38.3 Å². The van der Waals surface area contributed by atoms with Crippen LogP contribution in [0.2, 0.25) is 0 Å². The predicted octanol–water partition coefficient (Wildman–Crippen LogP) is 1.24. The molecule has 0 spiro atoms. The van der Waals surface area contributed by atoms with Crippen LogP contribution in [0, 0.1) is 6.92 Å². The van der Waals surface area contributed by atoms with Gasteiger partial charge < -0.3 is 9.88 Å². The normalized spacial score (nSPS) is 12.7. The Labute approximate surface area is 118 Å². The Bertz CT molecular complexity index is 585. The summed E-state index contributed by atoms with van der Waals surface area (Å²) < 4.78 is 3.56. The second-order valence-corrected chi connectivity index (χ2v) is 5.13. The van der Waals surface area contributed by atoms with Crippen molar-refractivity contribution in [1.29, 1.82) is 0 Å². The smallest absolute Gasteiger partial charge is 0.242 e. The van der Waals surface area contributed by atoms with Crippen molar-refractivity contribution in [3.05, 3.63) is 30.1 Å².